The molecule has 1 amide bonds. The summed E-state index contributed by atoms with van der Waals surface area (Å²) in [6.45, 7) is 0.590. The van der Waals surface area contributed by atoms with Gasteiger partial charge in [-0.3, -0.25) is 4.90 Å². The first kappa shape index (κ1) is 12.2. The number of carbonyl (C=O) groups excluding carboxylic acids is 1. The highest BCUT2D eigenvalue weighted by Gasteiger charge is 2.41. The minimum Gasteiger partial charge on any atom is -0.444 e. The van der Waals surface area contributed by atoms with Crippen LogP contribution in [-0.2, 0) is 16.1 Å². The van der Waals surface area contributed by atoms with Crippen molar-refractivity contribution in [2.24, 2.45) is 0 Å². The molecular formula is C14H15NO4. The molecule has 5 nitrogen and oxygen atoms in total. The Morgan fingerprint density at radius 3 is 2.89 bits per heavy atom. The third-order valence-corrected chi connectivity index (χ3v) is 3.29. The summed E-state index contributed by atoms with van der Waals surface area (Å²) in [5, 5.41) is 9.61. The summed E-state index contributed by atoms with van der Waals surface area (Å²) in [4.78, 5) is 13.5. The molecule has 1 saturated heterocycles. The Morgan fingerprint density at radius 1 is 1.37 bits per heavy atom. The summed E-state index contributed by atoms with van der Waals surface area (Å²) in [6.07, 6.45) is 1.50. The van der Waals surface area contributed by atoms with E-state index in [2.05, 4.69) is 0 Å². The summed E-state index contributed by atoms with van der Waals surface area (Å²) in [5.74, 6) is 0. The molecule has 2 aliphatic rings. The fourth-order valence-electron chi connectivity index (χ4n) is 2.24. The Kier molecular flexibility index (Phi) is 3.23. The number of amides is 1. The van der Waals surface area contributed by atoms with Crippen molar-refractivity contribution < 1.29 is 19.4 Å². The summed E-state index contributed by atoms with van der Waals surface area (Å²) in [5.41, 5.74) is 0.939. The third-order valence-electron chi connectivity index (χ3n) is 3.29. The van der Waals surface area contributed by atoms with Crippen LogP contribution in [0.5, 0.6) is 0 Å². The highest BCUT2D eigenvalue weighted by atomic mass is 16.6. The van der Waals surface area contributed by atoms with Crippen LogP contribution in [-0.4, -0.2) is 41.1 Å². The molecular weight excluding hydrogens is 246 g/mol. The number of aliphatic hydroxyl groups excluding tert-OH is 1. The van der Waals surface area contributed by atoms with Crippen molar-refractivity contribution in [3.05, 3.63) is 48.0 Å². The van der Waals surface area contributed by atoms with Crippen molar-refractivity contribution >= 4 is 6.09 Å². The number of hydrogen-bond acceptors (Lipinski definition) is 4. The van der Waals surface area contributed by atoms with E-state index in [1.165, 1.54) is 4.90 Å². The van der Waals surface area contributed by atoms with Crippen molar-refractivity contribution in [3.63, 3.8) is 0 Å². The number of rotatable bonds is 2. The van der Waals surface area contributed by atoms with Crippen LogP contribution >= 0.6 is 0 Å². The fourth-order valence-corrected chi connectivity index (χ4v) is 2.24. The van der Waals surface area contributed by atoms with Crippen LogP contribution in [0.1, 0.15) is 5.56 Å². The maximum atomic E-state index is 12.0. The number of hydrogen-bond donors (Lipinski definition) is 1. The summed E-state index contributed by atoms with van der Waals surface area (Å²) >= 11 is 0. The molecule has 0 aliphatic carbocycles. The zero-order valence-electron chi connectivity index (χ0n) is 10.3. The molecule has 3 atom stereocenters. The first-order valence-electron chi connectivity index (χ1n) is 6.23. The molecule has 0 spiro atoms. The van der Waals surface area contributed by atoms with E-state index in [1.54, 1.807) is 12.2 Å². The number of carbonyl (C=O) groups is 1. The average Bonchev–Trinajstić information content (AvgIpc) is 2.81. The van der Waals surface area contributed by atoms with Crippen LogP contribution in [0.4, 0.5) is 4.79 Å². The molecule has 100 valence electrons. The molecule has 5 heteroatoms. The molecule has 1 fully saturated rings. The number of aliphatic hydroxyl groups is 1. The molecule has 2 aliphatic heterocycles. The first-order valence-corrected chi connectivity index (χ1v) is 6.23. The van der Waals surface area contributed by atoms with E-state index in [0.29, 0.717) is 6.54 Å². The topological polar surface area (TPSA) is 59.0 Å². The van der Waals surface area contributed by atoms with Crippen molar-refractivity contribution in [2.75, 3.05) is 6.54 Å². The minimum atomic E-state index is -0.650. The van der Waals surface area contributed by atoms with Crippen molar-refractivity contribution in [3.8, 4) is 0 Å². The van der Waals surface area contributed by atoms with Gasteiger partial charge >= 0.3 is 6.09 Å². The number of ether oxygens (including phenoxy) is 2. The maximum Gasteiger partial charge on any atom is 0.412 e. The lowest BCUT2D eigenvalue weighted by molar-refractivity contribution is -0.0245. The zero-order valence-corrected chi connectivity index (χ0v) is 10.3. The van der Waals surface area contributed by atoms with Crippen molar-refractivity contribution in [2.45, 2.75) is 25.0 Å². The van der Waals surface area contributed by atoms with Gasteiger partial charge in [0, 0.05) is 0 Å². The quantitative estimate of drug-likeness (QED) is 0.815. The van der Waals surface area contributed by atoms with Crippen LogP contribution < -0.4 is 0 Å². The lowest BCUT2D eigenvalue weighted by Crippen LogP contribution is -2.35. The highest BCUT2D eigenvalue weighted by Crippen LogP contribution is 2.25. The van der Waals surface area contributed by atoms with Crippen molar-refractivity contribution in [1.82, 2.24) is 4.90 Å². The number of fused-ring (bicyclic) bond motifs is 2. The SMILES string of the molecule is O=C(OCc1ccccc1)N1C[C@@H]2O[C@H]1C=C[C@@H]2O. The second-order valence-electron chi connectivity index (χ2n) is 4.63. The predicted octanol–water partition coefficient (Wildman–Crippen LogP) is 1.28. The normalized spacial score (nSPS) is 28.5. The summed E-state index contributed by atoms with van der Waals surface area (Å²) in [6, 6.07) is 9.50. The molecule has 19 heavy (non-hydrogen) atoms. The molecule has 2 heterocycles. The molecule has 1 aromatic rings. The van der Waals surface area contributed by atoms with Gasteiger partial charge in [-0.05, 0) is 11.6 Å². The van der Waals surface area contributed by atoms with Gasteiger partial charge in [-0.15, -0.1) is 0 Å². The van der Waals surface area contributed by atoms with Crippen LogP contribution in [0.25, 0.3) is 0 Å². The Morgan fingerprint density at radius 2 is 2.16 bits per heavy atom. The lowest BCUT2D eigenvalue weighted by Gasteiger charge is -2.21. The van der Waals surface area contributed by atoms with E-state index in [1.807, 2.05) is 30.3 Å². The van der Waals surface area contributed by atoms with E-state index in [4.69, 9.17) is 9.47 Å². The predicted molar refractivity (Wildman–Crippen MR) is 67.1 cm³/mol. The zero-order chi connectivity index (χ0) is 13.2. The molecule has 0 aromatic heterocycles. The Hall–Kier alpha value is -1.85. The van der Waals surface area contributed by atoms with Crippen LogP contribution in [0.15, 0.2) is 42.5 Å². The number of benzene rings is 1. The summed E-state index contributed by atoms with van der Waals surface area (Å²) < 4.78 is 10.7. The molecule has 0 radical (unpaired) electrons. The van der Waals surface area contributed by atoms with Crippen LogP contribution in [0.3, 0.4) is 0 Å². The third kappa shape index (κ3) is 2.47. The van der Waals surface area contributed by atoms with Gasteiger partial charge in [-0.2, -0.15) is 0 Å². The van der Waals surface area contributed by atoms with E-state index in [-0.39, 0.29) is 12.7 Å². The molecule has 1 N–H and O–H groups in total. The van der Waals surface area contributed by atoms with Gasteiger partial charge in [0.25, 0.3) is 0 Å². The Balaban J connectivity index is 1.59. The fraction of sp³-hybridized carbons (Fsp3) is 0.357. The second-order valence-corrected chi connectivity index (χ2v) is 4.63. The first-order chi connectivity index (χ1) is 9.24. The highest BCUT2D eigenvalue weighted by molar-refractivity contribution is 5.68. The van der Waals surface area contributed by atoms with Crippen LogP contribution in [0, 0.1) is 0 Å². The molecule has 0 saturated carbocycles. The largest absolute Gasteiger partial charge is 0.444 e. The second kappa shape index (κ2) is 5.03. The average molecular weight is 261 g/mol. The van der Waals surface area contributed by atoms with Gasteiger partial charge in [0.2, 0.25) is 0 Å². The number of nitrogens with zero attached hydrogens (tertiary/aromatic N) is 1. The lowest BCUT2D eigenvalue weighted by atomic mass is 10.2. The van der Waals surface area contributed by atoms with Gasteiger partial charge in [0.1, 0.15) is 18.8 Å². The molecule has 1 aromatic carbocycles. The van der Waals surface area contributed by atoms with E-state index >= 15 is 0 Å². The molecule has 3 rings (SSSR count). The Bertz CT molecular complexity index is 487. The maximum absolute atomic E-state index is 12.0. The van der Waals surface area contributed by atoms with E-state index in [0.717, 1.165) is 5.56 Å². The van der Waals surface area contributed by atoms with E-state index < -0.39 is 18.4 Å². The van der Waals surface area contributed by atoms with E-state index in [9.17, 15) is 9.90 Å². The summed E-state index contributed by atoms with van der Waals surface area (Å²) in [7, 11) is 0. The van der Waals surface area contributed by atoms with Gasteiger partial charge in [0.05, 0.1) is 6.54 Å². The smallest absolute Gasteiger partial charge is 0.412 e. The van der Waals surface area contributed by atoms with Crippen LogP contribution in [0.2, 0.25) is 0 Å². The Labute approximate surface area is 111 Å². The van der Waals surface area contributed by atoms with Crippen molar-refractivity contribution in [1.29, 1.82) is 0 Å². The molecule has 2 bridgehead atoms. The van der Waals surface area contributed by atoms with Gasteiger partial charge in [0.15, 0.2) is 6.23 Å². The molecule has 0 unspecified atom stereocenters. The van der Waals surface area contributed by atoms with Gasteiger partial charge in [-0.25, -0.2) is 4.79 Å². The minimum absolute atomic E-state index is 0.236. The monoisotopic (exact) mass is 261 g/mol. The standard InChI is InChI=1S/C14H15NO4/c16-11-6-7-13-15(8-12(11)19-13)14(17)18-9-10-4-2-1-3-5-10/h1-7,11-13,16H,8-9H2/t11-,12-,13-/m0/s1. The van der Waals surface area contributed by atoms with Gasteiger partial charge in [-0.1, -0.05) is 36.4 Å². The van der Waals surface area contributed by atoms with Gasteiger partial charge < -0.3 is 14.6 Å².